The Morgan fingerprint density at radius 2 is 1.88 bits per heavy atom. The summed E-state index contributed by atoms with van der Waals surface area (Å²) in [5.41, 5.74) is 2.11. The van der Waals surface area contributed by atoms with Crippen molar-refractivity contribution in [2.45, 2.75) is 12.6 Å². The van der Waals surface area contributed by atoms with Gasteiger partial charge in [-0.25, -0.2) is 0 Å². The minimum absolute atomic E-state index is 0. The van der Waals surface area contributed by atoms with Gasteiger partial charge in [-0.1, -0.05) is 24.3 Å². The molecule has 2 aromatic rings. The van der Waals surface area contributed by atoms with Crippen molar-refractivity contribution in [2.24, 2.45) is 4.99 Å². The monoisotopic (exact) mass is 469 g/mol. The molecule has 0 bridgehead atoms. The van der Waals surface area contributed by atoms with Gasteiger partial charge in [0.15, 0.2) is 5.96 Å². The van der Waals surface area contributed by atoms with Gasteiger partial charge in [-0.15, -0.1) is 24.0 Å². The number of benzene rings is 1. The highest BCUT2D eigenvalue weighted by Gasteiger charge is 2.18. The second-order valence-electron chi connectivity index (χ2n) is 5.85. The number of hydrogen-bond donors (Lipinski definition) is 2. The molecule has 7 heteroatoms. The summed E-state index contributed by atoms with van der Waals surface area (Å²) in [6, 6.07) is 14.1. The maximum atomic E-state index is 5.51. The van der Waals surface area contributed by atoms with Crippen LogP contribution in [0.25, 0.3) is 0 Å². The number of guanidine groups is 1. The van der Waals surface area contributed by atoms with Crippen molar-refractivity contribution in [3.05, 3.63) is 59.9 Å². The molecule has 1 heterocycles. The van der Waals surface area contributed by atoms with Crippen LogP contribution in [-0.4, -0.2) is 50.6 Å². The number of nitrogens with zero attached hydrogens (tertiary/aromatic N) is 3. The van der Waals surface area contributed by atoms with Crippen molar-refractivity contribution < 1.29 is 4.74 Å². The molecule has 0 aliphatic rings. The van der Waals surface area contributed by atoms with E-state index in [1.807, 2.05) is 36.4 Å². The maximum Gasteiger partial charge on any atom is 0.191 e. The Morgan fingerprint density at radius 3 is 2.50 bits per heavy atom. The van der Waals surface area contributed by atoms with E-state index in [9.17, 15) is 0 Å². The van der Waals surface area contributed by atoms with Crippen LogP contribution in [0, 0.1) is 0 Å². The van der Waals surface area contributed by atoms with E-state index in [0.717, 1.165) is 23.0 Å². The number of rotatable bonds is 7. The van der Waals surface area contributed by atoms with Gasteiger partial charge in [-0.2, -0.15) is 0 Å². The maximum absolute atomic E-state index is 5.51. The van der Waals surface area contributed by atoms with Crippen LogP contribution >= 0.6 is 24.0 Å². The number of hydrogen-bond acceptors (Lipinski definition) is 4. The fraction of sp³-hybridized carbons (Fsp3) is 0.368. The zero-order valence-corrected chi connectivity index (χ0v) is 18.1. The number of halogens is 1. The Morgan fingerprint density at radius 1 is 1.15 bits per heavy atom. The van der Waals surface area contributed by atoms with Crippen molar-refractivity contribution in [1.82, 2.24) is 20.5 Å². The average Bonchev–Trinajstić information content (AvgIpc) is 2.65. The minimum atomic E-state index is 0. The molecule has 0 amide bonds. The molecule has 0 saturated carbocycles. The third-order valence-corrected chi connectivity index (χ3v) is 3.97. The van der Waals surface area contributed by atoms with Gasteiger partial charge in [-0.3, -0.25) is 9.98 Å². The molecule has 1 aromatic heterocycles. The molecule has 0 saturated heterocycles. The van der Waals surface area contributed by atoms with Crippen LogP contribution in [0.1, 0.15) is 17.3 Å². The van der Waals surface area contributed by atoms with E-state index in [-0.39, 0.29) is 30.0 Å². The van der Waals surface area contributed by atoms with Crippen LogP contribution in [0.2, 0.25) is 0 Å². The van der Waals surface area contributed by atoms with Gasteiger partial charge in [0.2, 0.25) is 0 Å². The molecule has 0 radical (unpaired) electrons. The molecule has 1 atom stereocenters. The Labute approximate surface area is 173 Å². The molecular formula is C19H28IN5O. The third kappa shape index (κ3) is 6.45. The highest BCUT2D eigenvalue weighted by atomic mass is 127. The number of nitrogens with one attached hydrogen (secondary N) is 2. The van der Waals surface area contributed by atoms with Gasteiger partial charge in [0, 0.05) is 25.4 Å². The van der Waals surface area contributed by atoms with E-state index in [1.54, 1.807) is 20.4 Å². The van der Waals surface area contributed by atoms with E-state index in [0.29, 0.717) is 13.1 Å². The molecule has 2 N–H and O–H groups in total. The number of ether oxygens (including phenoxy) is 1. The largest absolute Gasteiger partial charge is 0.496 e. The van der Waals surface area contributed by atoms with Crippen LogP contribution in [0.5, 0.6) is 5.75 Å². The van der Waals surface area contributed by atoms with Crippen LogP contribution in [0.4, 0.5) is 0 Å². The Kier molecular flexibility index (Phi) is 9.97. The highest BCUT2D eigenvalue weighted by Crippen LogP contribution is 2.27. The first kappa shape index (κ1) is 22.2. The van der Waals surface area contributed by atoms with Gasteiger partial charge < -0.3 is 20.3 Å². The van der Waals surface area contributed by atoms with E-state index in [2.05, 4.69) is 45.7 Å². The predicted molar refractivity (Wildman–Crippen MR) is 117 cm³/mol. The lowest BCUT2D eigenvalue weighted by atomic mass is 10.0. The van der Waals surface area contributed by atoms with Gasteiger partial charge in [0.25, 0.3) is 0 Å². The first-order chi connectivity index (χ1) is 12.2. The smallest absolute Gasteiger partial charge is 0.191 e. The normalized spacial score (nSPS) is 12.3. The zero-order chi connectivity index (χ0) is 18.1. The summed E-state index contributed by atoms with van der Waals surface area (Å²) in [4.78, 5) is 10.8. The van der Waals surface area contributed by atoms with Crippen molar-refractivity contribution in [3.63, 3.8) is 0 Å². The molecule has 1 unspecified atom stereocenters. The van der Waals surface area contributed by atoms with Crippen molar-refractivity contribution in [3.8, 4) is 5.75 Å². The molecular weight excluding hydrogens is 441 g/mol. The average molecular weight is 469 g/mol. The van der Waals surface area contributed by atoms with E-state index < -0.39 is 0 Å². The first-order valence-electron chi connectivity index (χ1n) is 8.29. The first-order valence-corrected chi connectivity index (χ1v) is 8.29. The van der Waals surface area contributed by atoms with E-state index in [1.165, 1.54) is 0 Å². The van der Waals surface area contributed by atoms with E-state index in [4.69, 9.17) is 4.74 Å². The SMILES string of the molecule is CN=C(NCc1ccccn1)NCC(c1ccccc1OC)N(C)C.I. The second-order valence-corrected chi connectivity index (χ2v) is 5.85. The van der Waals surface area contributed by atoms with Crippen molar-refractivity contribution >= 4 is 29.9 Å². The second kappa shape index (κ2) is 11.7. The molecule has 0 aliphatic heterocycles. The Hall–Kier alpha value is -1.87. The number of para-hydroxylation sites is 1. The molecule has 142 valence electrons. The zero-order valence-electron chi connectivity index (χ0n) is 15.8. The standard InChI is InChI=1S/C19H27N5O.HI/c1-20-19(22-13-15-9-7-8-12-21-15)23-14-17(24(2)3)16-10-5-6-11-18(16)25-4;/h5-12,17H,13-14H2,1-4H3,(H2,20,22,23);1H. The topological polar surface area (TPSA) is 61.8 Å². The van der Waals surface area contributed by atoms with Gasteiger partial charge in [0.1, 0.15) is 5.75 Å². The number of aliphatic imine (C=N–C) groups is 1. The van der Waals surface area contributed by atoms with Crippen LogP contribution in [-0.2, 0) is 6.54 Å². The van der Waals surface area contributed by atoms with E-state index >= 15 is 0 Å². The molecule has 0 aliphatic carbocycles. The lowest BCUT2D eigenvalue weighted by molar-refractivity contribution is 0.287. The molecule has 0 fully saturated rings. The summed E-state index contributed by atoms with van der Waals surface area (Å²) >= 11 is 0. The lowest BCUT2D eigenvalue weighted by Crippen LogP contribution is -2.41. The third-order valence-electron chi connectivity index (χ3n) is 3.97. The number of pyridine rings is 1. The summed E-state index contributed by atoms with van der Waals surface area (Å²) in [5.74, 6) is 1.63. The van der Waals surface area contributed by atoms with Crippen molar-refractivity contribution in [1.29, 1.82) is 0 Å². The number of aromatic nitrogens is 1. The summed E-state index contributed by atoms with van der Waals surface area (Å²) in [7, 11) is 7.58. The minimum Gasteiger partial charge on any atom is -0.496 e. The molecule has 6 nitrogen and oxygen atoms in total. The fourth-order valence-corrected chi connectivity index (χ4v) is 2.60. The molecule has 2 rings (SSSR count). The highest BCUT2D eigenvalue weighted by molar-refractivity contribution is 14.0. The fourth-order valence-electron chi connectivity index (χ4n) is 2.60. The van der Waals surface area contributed by atoms with Crippen LogP contribution in [0.3, 0.4) is 0 Å². The van der Waals surface area contributed by atoms with Gasteiger partial charge in [0.05, 0.1) is 25.4 Å². The summed E-state index contributed by atoms with van der Waals surface area (Å²) in [5, 5.41) is 6.67. The quantitative estimate of drug-likeness (QED) is 0.371. The Bertz CT molecular complexity index is 679. The van der Waals surface area contributed by atoms with Crippen molar-refractivity contribution in [2.75, 3.05) is 34.8 Å². The number of likely N-dealkylation sites (N-methyl/N-ethyl adjacent to an activating group) is 1. The summed E-state index contributed by atoms with van der Waals surface area (Å²) in [6.45, 7) is 1.33. The molecule has 0 spiro atoms. The van der Waals surface area contributed by atoms with Gasteiger partial charge in [-0.05, 0) is 32.3 Å². The summed E-state index contributed by atoms with van der Waals surface area (Å²) in [6.07, 6.45) is 1.79. The summed E-state index contributed by atoms with van der Waals surface area (Å²) < 4.78 is 5.51. The van der Waals surface area contributed by atoms with Crippen LogP contribution in [0.15, 0.2) is 53.7 Å². The predicted octanol–water partition coefficient (Wildman–Crippen LogP) is 2.68. The van der Waals surface area contributed by atoms with Gasteiger partial charge >= 0.3 is 0 Å². The Balaban J connectivity index is 0.00000338. The van der Waals surface area contributed by atoms with Crippen LogP contribution < -0.4 is 15.4 Å². The molecule has 1 aromatic carbocycles. The lowest BCUT2D eigenvalue weighted by Gasteiger charge is -2.27. The molecule has 26 heavy (non-hydrogen) atoms. The number of methoxy groups -OCH3 is 1.